The molecule has 1 amide bonds. The zero-order valence-corrected chi connectivity index (χ0v) is 18.7. The van der Waals surface area contributed by atoms with E-state index in [0.29, 0.717) is 28.6 Å². The Bertz CT molecular complexity index is 1240. The average Bonchev–Trinajstić information content (AvgIpc) is 3.37. The lowest BCUT2D eigenvalue weighted by Gasteiger charge is -2.00. The number of thiazole rings is 2. The molecule has 2 aromatic carbocycles. The molecule has 0 aliphatic carbocycles. The van der Waals surface area contributed by atoms with Crippen LogP contribution in [0.2, 0.25) is 5.02 Å². The fraction of sp³-hybridized carbons (Fsp3) is 0.130. The van der Waals surface area contributed by atoms with Gasteiger partial charge in [-0.25, -0.2) is 9.97 Å². The van der Waals surface area contributed by atoms with E-state index in [2.05, 4.69) is 21.4 Å². The van der Waals surface area contributed by atoms with Crippen LogP contribution in [0.3, 0.4) is 0 Å². The Morgan fingerprint density at radius 2 is 1.97 bits per heavy atom. The number of benzene rings is 2. The van der Waals surface area contributed by atoms with Crippen molar-refractivity contribution < 1.29 is 4.79 Å². The van der Waals surface area contributed by atoms with E-state index in [0.717, 1.165) is 26.7 Å². The highest BCUT2D eigenvalue weighted by Crippen LogP contribution is 2.22. The maximum Gasteiger partial charge on any atom is 0.232 e. The number of nitriles is 1. The summed E-state index contributed by atoms with van der Waals surface area (Å²) >= 11 is 9.02. The molecule has 4 rings (SSSR count). The van der Waals surface area contributed by atoms with E-state index in [1.807, 2.05) is 41.8 Å². The van der Waals surface area contributed by atoms with Gasteiger partial charge in [0, 0.05) is 34.3 Å². The number of halogens is 1. The lowest BCUT2D eigenvalue weighted by Crippen LogP contribution is -2.14. The fourth-order valence-corrected chi connectivity index (χ4v) is 4.91. The fourth-order valence-electron chi connectivity index (χ4n) is 3.01. The minimum Gasteiger partial charge on any atom is -0.302 e. The van der Waals surface area contributed by atoms with E-state index >= 15 is 0 Å². The standard InChI is InChI=1S/C23H17ClN4OS2/c24-18-3-1-2-17(8-18)10-22-27-19(14-30-22)11-21(29)28-23-26-13-20(31-23)9-15-4-6-16(12-25)7-5-15/h1-8,13-14H,9-11H2,(H,26,28,29). The summed E-state index contributed by atoms with van der Waals surface area (Å²) in [6.07, 6.45) is 3.37. The SMILES string of the molecule is N#Cc1ccc(Cc2cnc(NC(=O)Cc3csc(Cc4cccc(Cl)c4)n3)s2)cc1. The smallest absolute Gasteiger partial charge is 0.232 e. The van der Waals surface area contributed by atoms with Crippen LogP contribution in [0.5, 0.6) is 0 Å². The predicted octanol–water partition coefficient (Wildman–Crippen LogP) is 5.49. The molecule has 0 atom stereocenters. The molecule has 2 heterocycles. The largest absolute Gasteiger partial charge is 0.302 e. The number of amides is 1. The summed E-state index contributed by atoms with van der Waals surface area (Å²) in [5, 5.41) is 15.9. The maximum atomic E-state index is 12.4. The number of nitrogens with one attached hydrogen (secondary N) is 1. The van der Waals surface area contributed by atoms with Crippen LogP contribution in [0, 0.1) is 11.3 Å². The van der Waals surface area contributed by atoms with Gasteiger partial charge in [-0.1, -0.05) is 35.9 Å². The quantitative estimate of drug-likeness (QED) is 0.392. The summed E-state index contributed by atoms with van der Waals surface area (Å²) in [4.78, 5) is 22.3. The van der Waals surface area contributed by atoms with E-state index < -0.39 is 0 Å². The Morgan fingerprint density at radius 3 is 2.74 bits per heavy atom. The zero-order chi connectivity index (χ0) is 21.6. The Balaban J connectivity index is 1.31. The molecule has 0 saturated carbocycles. The molecule has 0 unspecified atom stereocenters. The van der Waals surface area contributed by atoms with Gasteiger partial charge in [-0.15, -0.1) is 22.7 Å². The Hall–Kier alpha value is -3.05. The zero-order valence-electron chi connectivity index (χ0n) is 16.3. The molecule has 5 nitrogen and oxygen atoms in total. The molecule has 2 aromatic heterocycles. The molecular formula is C23H17ClN4OS2. The van der Waals surface area contributed by atoms with E-state index in [1.165, 1.54) is 22.7 Å². The van der Waals surface area contributed by atoms with E-state index in [1.54, 1.807) is 18.3 Å². The van der Waals surface area contributed by atoms with E-state index in [9.17, 15) is 4.79 Å². The van der Waals surface area contributed by atoms with Gasteiger partial charge >= 0.3 is 0 Å². The third-order valence-corrected chi connectivity index (χ3v) is 6.49. The molecule has 8 heteroatoms. The first-order valence-electron chi connectivity index (χ1n) is 9.49. The van der Waals surface area contributed by atoms with Crippen molar-refractivity contribution in [1.82, 2.24) is 9.97 Å². The van der Waals surface area contributed by atoms with Crippen LogP contribution >= 0.6 is 34.3 Å². The first kappa shape index (κ1) is 21.2. The molecule has 1 N–H and O–H groups in total. The van der Waals surface area contributed by atoms with Crippen molar-refractivity contribution in [3.63, 3.8) is 0 Å². The highest BCUT2D eigenvalue weighted by Gasteiger charge is 2.11. The van der Waals surface area contributed by atoms with Crippen LogP contribution in [-0.4, -0.2) is 15.9 Å². The molecule has 154 valence electrons. The topological polar surface area (TPSA) is 78.7 Å². The molecule has 0 aliphatic heterocycles. The highest BCUT2D eigenvalue weighted by molar-refractivity contribution is 7.15. The summed E-state index contributed by atoms with van der Waals surface area (Å²) in [6, 6.07) is 17.3. The molecule has 4 aromatic rings. The van der Waals surface area contributed by atoms with Crippen molar-refractivity contribution in [3.05, 3.63) is 97.4 Å². The summed E-state index contributed by atoms with van der Waals surface area (Å²) in [6.45, 7) is 0. The van der Waals surface area contributed by atoms with Gasteiger partial charge in [0.1, 0.15) is 0 Å². The van der Waals surface area contributed by atoms with Crippen molar-refractivity contribution in [1.29, 1.82) is 5.26 Å². The van der Waals surface area contributed by atoms with Crippen LogP contribution < -0.4 is 5.32 Å². The molecule has 0 radical (unpaired) electrons. The number of hydrogen-bond acceptors (Lipinski definition) is 6. The molecule has 31 heavy (non-hydrogen) atoms. The number of rotatable bonds is 7. The minimum absolute atomic E-state index is 0.140. The maximum absolute atomic E-state index is 12.4. The molecular weight excluding hydrogens is 448 g/mol. The Morgan fingerprint density at radius 1 is 1.13 bits per heavy atom. The van der Waals surface area contributed by atoms with Gasteiger partial charge in [0.05, 0.1) is 28.8 Å². The van der Waals surface area contributed by atoms with Crippen LogP contribution in [0.4, 0.5) is 5.13 Å². The number of carbonyl (C=O) groups is 1. The minimum atomic E-state index is -0.140. The van der Waals surface area contributed by atoms with Gasteiger partial charge in [-0.05, 0) is 35.4 Å². The Labute approximate surface area is 193 Å². The normalized spacial score (nSPS) is 10.6. The predicted molar refractivity (Wildman–Crippen MR) is 125 cm³/mol. The average molecular weight is 465 g/mol. The first-order chi connectivity index (χ1) is 15.1. The van der Waals surface area contributed by atoms with Crippen molar-refractivity contribution >= 4 is 45.3 Å². The van der Waals surface area contributed by atoms with Gasteiger partial charge in [0.2, 0.25) is 5.91 Å². The van der Waals surface area contributed by atoms with Crippen molar-refractivity contribution in [3.8, 4) is 6.07 Å². The van der Waals surface area contributed by atoms with Crippen molar-refractivity contribution in [2.75, 3.05) is 5.32 Å². The van der Waals surface area contributed by atoms with Gasteiger partial charge in [0.15, 0.2) is 5.13 Å². The lowest BCUT2D eigenvalue weighted by molar-refractivity contribution is -0.115. The summed E-state index contributed by atoms with van der Waals surface area (Å²) in [7, 11) is 0. The second-order valence-corrected chi connectivity index (χ2v) is 9.38. The van der Waals surface area contributed by atoms with Gasteiger partial charge in [0.25, 0.3) is 0 Å². The van der Waals surface area contributed by atoms with Gasteiger partial charge in [-0.2, -0.15) is 5.26 Å². The third-order valence-electron chi connectivity index (χ3n) is 4.45. The first-order valence-corrected chi connectivity index (χ1v) is 11.6. The summed E-state index contributed by atoms with van der Waals surface area (Å²) in [5.41, 5.74) is 3.57. The Kier molecular flexibility index (Phi) is 6.73. The molecule has 0 saturated heterocycles. The van der Waals surface area contributed by atoms with Crippen LogP contribution in [-0.2, 0) is 24.1 Å². The molecule has 0 spiro atoms. The monoisotopic (exact) mass is 464 g/mol. The second-order valence-electron chi connectivity index (χ2n) is 6.88. The molecule has 0 aliphatic rings. The number of carbonyl (C=O) groups excluding carboxylic acids is 1. The van der Waals surface area contributed by atoms with Crippen molar-refractivity contribution in [2.45, 2.75) is 19.3 Å². The lowest BCUT2D eigenvalue weighted by atomic mass is 10.1. The van der Waals surface area contributed by atoms with Crippen LogP contribution in [0.25, 0.3) is 0 Å². The number of anilines is 1. The third kappa shape index (κ3) is 5.98. The number of hydrogen-bond donors (Lipinski definition) is 1. The van der Waals surface area contributed by atoms with Crippen molar-refractivity contribution in [2.24, 2.45) is 0 Å². The van der Waals surface area contributed by atoms with Crippen LogP contribution in [0.15, 0.2) is 60.1 Å². The van der Waals surface area contributed by atoms with E-state index in [4.69, 9.17) is 16.9 Å². The number of aromatic nitrogens is 2. The summed E-state index contributed by atoms with van der Waals surface area (Å²) < 4.78 is 0. The van der Waals surface area contributed by atoms with Crippen LogP contribution in [0.1, 0.15) is 32.3 Å². The van der Waals surface area contributed by atoms with Gasteiger partial charge in [-0.3, -0.25) is 4.79 Å². The van der Waals surface area contributed by atoms with Gasteiger partial charge < -0.3 is 5.32 Å². The highest BCUT2D eigenvalue weighted by atomic mass is 35.5. The number of nitrogens with zero attached hydrogens (tertiary/aromatic N) is 3. The molecule has 0 bridgehead atoms. The van der Waals surface area contributed by atoms with E-state index in [-0.39, 0.29) is 12.3 Å². The second kappa shape index (κ2) is 9.84. The molecule has 0 fully saturated rings. The summed E-state index contributed by atoms with van der Waals surface area (Å²) in [5.74, 6) is -0.140.